The minimum atomic E-state index is 0.599. The lowest BCUT2D eigenvalue weighted by Gasteiger charge is -2.41. The van der Waals surface area contributed by atoms with Crippen molar-refractivity contribution in [2.75, 3.05) is 13.1 Å². The SMILES string of the molecule is CC(C)N1CC(c2ncc(-c3ccc4c(c3)C(N)=NC4)s2)C1. The van der Waals surface area contributed by atoms with Crippen molar-refractivity contribution in [3.05, 3.63) is 40.5 Å². The summed E-state index contributed by atoms with van der Waals surface area (Å²) in [7, 11) is 0. The van der Waals surface area contributed by atoms with Gasteiger partial charge in [-0.3, -0.25) is 9.89 Å². The van der Waals surface area contributed by atoms with Crippen LogP contribution in [0.2, 0.25) is 0 Å². The molecule has 2 aromatic rings. The van der Waals surface area contributed by atoms with E-state index >= 15 is 0 Å². The quantitative estimate of drug-likeness (QED) is 0.948. The number of hydrogen-bond donors (Lipinski definition) is 1. The van der Waals surface area contributed by atoms with Gasteiger partial charge in [-0.15, -0.1) is 11.3 Å². The molecule has 5 heteroatoms. The number of hydrogen-bond acceptors (Lipinski definition) is 5. The fourth-order valence-corrected chi connectivity index (χ4v) is 4.06. The summed E-state index contributed by atoms with van der Waals surface area (Å²) in [6, 6.07) is 7.08. The van der Waals surface area contributed by atoms with Crippen LogP contribution in [0.15, 0.2) is 29.4 Å². The van der Waals surface area contributed by atoms with Crippen LogP contribution < -0.4 is 5.73 Å². The molecule has 0 amide bonds. The average Bonchev–Trinajstić information content (AvgIpc) is 3.04. The van der Waals surface area contributed by atoms with E-state index in [0.717, 1.165) is 18.7 Å². The maximum Gasteiger partial charge on any atom is 0.126 e. The van der Waals surface area contributed by atoms with Crippen LogP contribution in [0.4, 0.5) is 0 Å². The van der Waals surface area contributed by atoms with Crippen molar-refractivity contribution >= 4 is 17.2 Å². The van der Waals surface area contributed by atoms with Crippen LogP contribution >= 0.6 is 11.3 Å². The number of benzene rings is 1. The van der Waals surface area contributed by atoms with Crippen LogP contribution in [0.1, 0.15) is 35.9 Å². The van der Waals surface area contributed by atoms with Gasteiger partial charge in [-0.05, 0) is 31.0 Å². The zero-order valence-corrected chi connectivity index (χ0v) is 13.7. The Labute approximate surface area is 134 Å². The van der Waals surface area contributed by atoms with Crippen LogP contribution in [0.25, 0.3) is 10.4 Å². The van der Waals surface area contributed by atoms with Gasteiger partial charge in [0, 0.05) is 36.8 Å². The summed E-state index contributed by atoms with van der Waals surface area (Å²) in [5, 5.41) is 1.26. The molecule has 3 heterocycles. The Morgan fingerprint density at radius 2 is 2.14 bits per heavy atom. The number of likely N-dealkylation sites (tertiary alicyclic amines) is 1. The Balaban J connectivity index is 1.55. The molecule has 1 aromatic heterocycles. The Kier molecular flexibility index (Phi) is 3.27. The average molecular weight is 312 g/mol. The molecule has 4 rings (SSSR count). The van der Waals surface area contributed by atoms with Gasteiger partial charge in [0.25, 0.3) is 0 Å². The summed E-state index contributed by atoms with van der Waals surface area (Å²) in [5.74, 6) is 1.26. The molecule has 1 fully saturated rings. The number of aromatic nitrogens is 1. The second-order valence-electron chi connectivity index (χ2n) is 6.38. The van der Waals surface area contributed by atoms with E-state index in [-0.39, 0.29) is 0 Å². The lowest BCUT2D eigenvalue weighted by molar-refractivity contribution is 0.110. The predicted molar refractivity (Wildman–Crippen MR) is 91.4 cm³/mol. The standard InChI is InChI=1S/C17H20N4S/c1-10(2)21-8-13(9-21)17-20-7-15(22-17)11-3-4-12-6-19-16(18)14(12)5-11/h3-5,7,10,13H,6,8-9H2,1-2H3,(H2,18,19). The van der Waals surface area contributed by atoms with Gasteiger partial charge in [0.2, 0.25) is 0 Å². The van der Waals surface area contributed by atoms with E-state index in [2.05, 4.69) is 46.9 Å². The van der Waals surface area contributed by atoms with Gasteiger partial charge in [-0.2, -0.15) is 0 Å². The number of aliphatic imine (C=N–C) groups is 1. The fourth-order valence-electron chi connectivity index (χ4n) is 3.06. The molecular formula is C17H20N4S. The first-order valence-corrected chi connectivity index (χ1v) is 8.57. The van der Waals surface area contributed by atoms with Crippen LogP contribution in [-0.2, 0) is 6.54 Å². The predicted octanol–water partition coefficient (Wildman–Crippen LogP) is 2.84. The van der Waals surface area contributed by atoms with Crippen molar-refractivity contribution in [1.82, 2.24) is 9.88 Å². The normalized spacial score (nSPS) is 18.4. The molecule has 0 unspecified atom stereocenters. The minimum Gasteiger partial charge on any atom is -0.383 e. The Morgan fingerprint density at radius 3 is 2.91 bits per heavy atom. The number of nitrogens with zero attached hydrogens (tertiary/aromatic N) is 3. The molecule has 22 heavy (non-hydrogen) atoms. The summed E-state index contributed by atoms with van der Waals surface area (Å²) in [5.41, 5.74) is 9.46. The number of thiazole rings is 1. The summed E-state index contributed by atoms with van der Waals surface area (Å²) in [6.45, 7) is 7.48. The van der Waals surface area contributed by atoms with Crippen molar-refractivity contribution in [3.63, 3.8) is 0 Å². The smallest absolute Gasteiger partial charge is 0.126 e. The highest BCUT2D eigenvalue weighted by atomic mass is 32.1. The third-order valence-corrected chi connectivity index (χ3v) is 5.81. The largest absolute Gasteiger partial charge is 0.383 e. The molecule has 2 aliphatic rings. The van der Waals surface area contributed by atoms with Crippen molar-refractivity contribution in [2.24, 2.45) is 10.7 Å². The molecule has 0 radical (unpaired) electrons. The van der Waals surface area contributed by atoms with E-state index in [0.29, 0.717) is 24.3 Å². The molecule has 0 atom stereocenters. The Bertz CT molecular complexity index is 741. The third-order valence-electron chi connectivity index (χ3n) is 4.60. The topological polar surface area (TPSA) is 54.5 Å². The third kappa shape index (κ3) is 2.25. The number of amidine groups is 1. The van der Waals surface area contributed by atoms with Crippen molar-refractivity contribution < 1.29 is 0 Å². The summed E-state index contributed by atoms with van der Waals surface area (Å²) in [4.78, 5) is 12.7. The van der Waals surface area contributed by atoms with Crippen LogP contribution in [0.5, 0.6) is 0 Å². The van der Waals surface area contributed by atoms with Crippen LogP contribution in [-0.4, -0.2) is 34.9 Å². The first-order valence-electron chi connectivity index (χ1n) is 7.75. The highest BCUT2D eigenvalue weighted by Gasteiger charge is 2.31. The van der Waals surface area contributed by atoms with Gasteiger partial charge in [0.1, 0.15) is 5.84 Å². The Morgan fingerprint density at radius 1 is 1.32 bits per heavy atom. The molecule has 2 aliphatic heterocycles. The number of rotatable bonds is 3. The molecule has 0 aliphatic carbocycles. The van der Waals surface area contributed by atoms with Crippen molar-refractivity contribution in [3.8, 4) is 10.4 Å². The fraction of sp³-hybridized carbons (Fsp3) is 0.412. The first-order chi connectivity index (χ1) is 10.6. The van der Waals surface area contributed by atoms with Gasteiger partial charge < -0.3 is 5.73 Å². The lowest BCUT2D eigenvalue weighted by Crippen LogP contribution is -2.48. The maximum atomic E-state index is 5.95. The maximum absolute atomic E-state index is 5.95. The number of fused-ring (bicyclic) bond motifs is 1. The van der Waals surface area contributed by atoms with Gasteiger partial charge in [-0.25, -0.2) is 4.98 Å². The van der Waals surface area contributed by atoms with E-state index in [4.69, 9.17) is 5.73 Å². The molecule has 0 bridgehead atoms. The zero-order valence-electron chi connectivity index (χ0n) is 12.9. The van der Waals surface area contributed by atoms with E-state index in [1.54, 1.807) is 0 Å². The zero-order chi connectivity index (χ0) is 15.3. The molecule has 0 saturated carbocycles. The lowest BCUT2D eigenvalue weighted by atomic mass is 9.99. The molecule has 2 N–H and O–H groups in total. The van der Waals surface area contributed by atoms with Crippen molar-refractivity contribution in [1.29, 1.82) is 0 Å². The summed E-state index contributed by atoms with van der Waals surface area (Å²) in [6.07, 6.45) is 2.00. The highest BCUT2D eigenvalue weighted by Crippen LogP contribution is 2.36. The highest BCUT2D eigenvalue weighted by molar-refractivity contribution is 7.15. The minimum absolute atomic E-state index is 0.599. The van der Waals surface area contributed by atoms with Gasteiger partial charge in [-0.1, -0.05) is 12.1 Å². The molecule has 114 valence electrons. The molecule has 1 saturated heterocycles. The van der Waals surface area contributed by atoms with Gasteiger partial charge in [0.15, 0.2) is 0 Å². The van der Waals surface area contributed by atoms with Crippen molar-refractivity contribution in [2.45, 2.75) is 32.4 Å². The second-order valence-corrected chi connectivity index (χ2v) is 7.44. The van der Waals surface area contributed by atoms with E-state index in [1.807, 2.05) is 17.5 Å². The van der Waals surface area contributed by atoms with E-state index in [1.165, 1.54) is 21.0 Å². The second kappa shape index (κ2) is 5.18. The molecule has 0 spiro atoms. The molecule has 1 aromatic carbocycles. The van der Waals surface area contributed by atoms with E-state index in [9.17, 15) is 0 Å². The van der Waals surface area contributed by atoms with E-state index < -0.39 is 0 Å². The monoisotopic (exact) mass is 312 g/mol. The Hall–Kier alpha value is -1.72. The molecule has 4 nitrogen and oxygen atoms in total. The molecular weight excluding hydrogens is 292 g/mol. The van der Waals surface area contributed by atoms with Crippen LogP contribution in [0.3, 0.4) is 0 Å². The van der Waals surface area contributed by atoms with Gasteiger partial charge in [0.05, 0.1) is 16.4 Å². The first kappa shape index (κ1) is 13.9. The summed E-state index contributed by atoms with van der Waals surface area (Å²) < 4.78 is 0. The van der Waals surface area contributed by atoms with Gasteiger partial charge >= 0.3 is 0 Å². The number of nitrogens with two attached hydrogens (primary N) is 1. The van der Waals surface area contributed by atoms with Crippen LogP contribution in [0, 0.1) is 0 Å². The summed E-state index contributed by atoms with van der Waals surface area (Å²) >= 11 is 1.81.